The second-order valence-electron chi connectivity index (χ2n) is 4.32. The van der Waals surface area contributed by atoms with E-state index in [1.165, 1.54) is 30.2 Å². The number of thiazole rings is 1. The molecular weight excluding hydrogens is 248 g/mol. The van der Waals surface area contributed by atoms with Gasteiger partial charge < -0.3 is 5.11 Å². The fourth-order valence-corrected chi connectivity index (χ4v) is 2.53. The van der Waals surface area contributed by atoms with Crippen molar-refractivity contribution in [3.63, 3.8) is 0 Å². The van der Waals surface area contributed by atoms with Gasteiger partial charge in [-0.05, 0) is 25.0 Å². The third-order valence-electron chi connectivity index (χ3n) is 2.89. The van der Waals surface area contributed by atoms with Gasteiger partial charge in [0, 0.05) is 11.3 Å². The Morgan fingerprint density at radius 2 is 2.17 bits per heavy atom. The van der Waals surface area contributed by atoms with Crippen molar-refractivity contribution in [3.05, 3.63) is 40.9 Å². The number of benzene rings is 1. The van der Waals surface area contributed by atoms with Gasteiger partial charge in [0.2, 0.25) is 0 Å². The molecule has 4 nitrogen and oxygen atoms in total. The van der Waals surface area contributed by atoms with Crippen LogP contribution in [0.25, 0.3) is 0 Å². The number of nitrogens with zero attached hydrogens (tertiary/aromatic N) is 1. The zero-order valence-electron chi connectivity index (χ0n) is 9.59. The maximum Gasteiger partial charge on any atom is 0.261 e. The van der Waals surface area contributed by atoms with E-state index in [4.69, 9.17) is 0 Å². The van der Waals surface area contributed by atoms with Crippen molar-refractivity contribution in [2.75, 3.05) is 5.32 Å². The van der Waals surface area contributed by atoms with Gasteiger partial charge in [-0.25, -0.2) is 4.98 Å². The summed E-state index contributed by atoms with van der Waals surface area (Å²) in [6, 6.07) is 6.47. The molecule has 3 rings (SSSR count). The van der Waals surface area contributed by atoms with E-state index in [0.717, 1.165) is 5.69 Å². The summed E-state index contributed by atoms with van der Waals surface area (Å²) >= 11 is 1.42. The Bertz CT molecular complexity index is 590. The standard InChI is InChI=1S/C13H12N2O2S/c16-11-4-2-1-3-9(11)12(17)15-13-14-10(7-18-13)8-5-6-8/h1-4,7-8,16H,5-6H2,(H,14,15,17). The molecule has 0 bridgehead atoms. The van der Waals surface area contributed by atoms with Gasteiger partial charge in [0.05, 0.1) is 11.3 Å². The molecule has 0 saturated heterocycles. The van der Waals surface area contributed by atoms with E-state index in [0.29, 0.717) is 11.0 Å². The molecular formula is C13H12N2O2S. The summed E-state index contributed by atoms with van der Waals surface area (Å²) in [6.07, 6.45) is 2.38. The lowest BCUT2D eigenvalue weighted by Gasteiger charge is -2.03. The van der Waals surface area contributed by atoms with Gasteiger partial charge in [0.15, 0.2) is 5.13 Å². The van der Waals surface area contributed by atoms with Crippen LogP contribution in [0.4, 0.5) is 5.13 Å². The monoisotopic (exact) mass is 260 g/mol. The molecule has 92 valence electrons. The highest BCUT2D eigenvalue weighted by Gasteiger charge is 2.26. The number of aromatic hydroxyl groups is 1. The van der Waals surface area contributed by atoms with Gasteiger partial charge in [-0.2, -0.15) is 0 Å². The largest absolute Gasteiger partial charge is 0.507 e. The Balaban J connectivity index is 1.75. The number of hydrogen-bond donors (Lipinski definition) is 2. The van der Waals surface area contributed by atoms with Crippen LogP contribution in [-0.4, -0.2) is 16.0 Å². The van der Waals surface area contributed by atoms with E-state index in [2.05, 4.69) is 10.3 Å². The number of aromatic nitrogens is 1. The number of nitrogens with one attached hydrogen (secondary N) is 1. The Morgan fingerprint density at radius 1 is 1.39 bits per heavy atom. The summed E-state index contributed by atoms with van der Waals surface area (Å²) < 4.78 is 0. The van der Waals surface area contributed by atoms with Crippen LogP contribution < -0.4 is 5.32 Å². The first-order chi connectivity index (χ1) is 8.74. The molecule has 1 amide bonds. The van der Waals surface area contributed by atoms with Crippen molar-refractivity contribution in [2.24, 2.45) is 0 Å². The average molecular weight is 260 g/mol. The molecule has 1 fully saturated rings. The molecule has 0 aliphatic heterocycles. The zero-order valence-corrected chi connectivity index (χ0v) is 10.4. The van der Waals surface area contributed by atoms with E-state index in [1.54, 1.807) is 18.2 Å². The van der Waals surface area contributed by atoms with Gasteiger partial charge in [-0.1, -0.05) is 12.1 Å². The Labute approximate surface area is 108 Å². The predicted octanol–water partition coefficient (Wildman–Crippen LogP) is 2.98. The number of phenolic OH excluding ortho intramolecular Hbond substituents is 1. The van der Waals surface area contributed by atoms with E-state index in [-0.39, 0.29) is 17.2 Å². The van der Waals surface area contributed by atoms with Crippen LogP contribution in [0.1, 0.15) is 34.8 Å². The van der Waals surface area contributed by atoms with Crippen molar-refractivity contribution < 1.29 is 9.90 Å². The summed E-state index contributed by atoms with van der Waals surface area (Å²) in [4.78, 5) is 16.3. The number of phenols is 1. The van der Waals surface area contributed by atoms with Gasteiger partial charge in [-0.3, -0.25) is 10.1 Å². The Kier molecular flexibility index (Phi) is 2.76. The fraction of sp³-hybridized carbons (Fsp3) is 0.231. The maximum absolute atomic E-state index is 11.9. The minimum absolute atomic E-state index is 0.0195. The normalized spacial score (nSPS) is 14.4. The fourth-order valence-electron chi connectivity index (χ4n) is 1.74. The first kappa shape index (κ1) is 11.2. The summed E-state index contributed by atoms with van der Waals surface area (Å²) in [6.45, 7) is 0. The molecule has 0 spiro atoms. The first-order valence-corrected chi connectivity index (χ1v) is 6.67. The first-order valence-electron chi connectivity index (χ1n) is 5.79. The molecule has 1 aliphatic rings. The molecule has 0 atom stereocenters. The van der Waals surface area contributed by atoms with Gasteiger partial charge in [-0.15, -0.1) is 11.3 Å². The molecule has 0 unspecified atom stereocenters. The SMILES string of the molecule is O=C(Nc1nc(C2CC2)cs1)c1ccccc1O. The van der Waals surface area contributed by atoms with Crippen molar-refractivity contribution in [3.8, 4) is 5.75 Å². The quantitative estimate of drug-likeness (QED) is 0.891. The van der Waals surface area contributed by atoms with Gasteiger partial charge >= 0.3 is 0 Å². The van der Waals surface area contributed by atoms with Crippen molar-refractivity contribution in [1.29, 1.82) is 0 Å². The van der Waals surface area contributed by atoms with Gasteiger partial charge in [0.1, 0.15) is 5.75 Å². The highest BCUT2D eigenvalue weighted by Crippen LogP contribution is 2.40. The molecule has 5 heteroatoms. The van der Waals surface area contributed by atoms with E-state index < -0.39 is 0 Å². The maximum atomic E-state index is 11.9. The number of anilines is 1. The van der Waals surface area contributed by atoms with Crippen LogP contribution in [0.5, 0.6) is 5.75 Å². The molecule has 2 aromatic rings. The van der Waals surface area contributed by atoms with Crippen LogP contribution in [-0.2, 0) is 0 Å². The molecule has 1 heterocycles. The van der Waals surface area contributed by atoms with Crippen molar-refractivity contribution >= 4 is 22.4 Å². The minimum Gasteiger partial charge on any atom is -0.507 e. The lowest BCUT2D eigenvalue weighted by molar-refractivity contribution is 0.102. The van der Waals surface area contributed by atoms with Crippen LogP contribution in [0.3, 0.4) is 0 Å². The number of para-hydroxylation sites is 1. The van der Waals surface area contributed by atoms with Crippen LogP contribution in [0.15, 0.2) is 29.6 Å². The third kappa shape index (κ3) is 2.22. The number of rotatable bonds is 3. The highest BCUT2D eigenvalue weighted by molar-refractivity contribution is 7.14. The number of hydrogen-bond acceptors (Lipinski definition) is 4. The summed E-state index contributed by atoms with van der Waals surface area (Å²) in [7, 11) is 0. The predicted molar refractivity (Wildman–Crippen MR) is 70.1 cm³/mol. The summed E-state index contributed by atoms with van der Waals surface area (Å²) in [5.74, 6) is 0.232. The van der Waals surface area contributed by atoms with Crippen LogP contribution >= 0.6 is 11.3 Å². The van der Waals surface area contributed by atoms with E-state index in [1.807, 2.05) is 5.38 Å². The molecule has 1 aromatic carbocycles. The van der Waals surface area contributed by atoms with Crippen LogP contribution in [0, 0.1) is 0 Å². The average Bonchev–Trinajstić information content (AvgIpc) is 3.11. The second-order valence-corrected chi connectivity index (χ2v) is 5.18. The number of carbonyl (C=O) groups excluding carboxylic acids is 1. The second kappa shape index (κ2) is 4.42. The third-order valence-corrected chi connectivity index (χ3v) is 3.66. The molecule has 1 aromatic heterocycles. The van der Waals surface area contributed by atoms with Crippen molar-refractivity contribution in [2.45, 2.75) is 18.8 Å². The molecule has 18 heavy (non-hydrogen) atoms. The number of carbonyl (C=O) groups is 1. The van der Waals surface area contributed by atoms with Gasteiger partial charge in [0.25, 0.3) is 5.91 Å². The molecule has 1 aliphatic carbocycles. The lowest BCUT2D eigenvalue weighted by Crippen LogP contribution is -2.11. The summed E-state index contributed by atoms with van der Waals surface area (Å²) in [5, 5.41) is 14.9. The molecule has 2 N–H and O–H groups in total. The summed E-state index contributed by atoms with van der Waals surface area (Å²) in [5.41, 5.74) is 1.33. The van der Waals surface area contributed by atoms with Crippen LogP contribution in [0.2, 0.25) is 0 Å². The Morgan fingerprint density at radius 3 is 2.89 bits per heavy atom. The molecule has 1 saturated carbocycles. The minimum atomic E-state index is -0.329. The number of amides is 1. The molecule has 0 radical (unpaired) electrons. The highest BCUT2D eigenvalue weighted by atomic mass is 32.1. The smallest absolute Gasteiger partial charge is 0.261 e. The zero-order chi connectivity index (χ0) is 12.5. The van der Waals surface area contributed by atoms with Crippen molar-refractivity contribution in [1.82, 2.24) is 4.98 Å². The van der Waals surface area contributed by atoms with E-state index in [9.17, 15) is 9.90 Å². The topological polar surface area (TPSA) is 62.2 Å². The van der Waals surface area contributed by atoms with E-state index >= 15 is 0 Å². The lowest BCUT2D eigenvalue weighted by atomic mass is 10.2. The Hall–Kier alpha value is -1.88.